The highest BCUT2D eigenvalue weighted by atomic mass is 16.7. The van der Waals surface area contributed by atoms with Crippen LogP contribution in [0.25, 0.3) is 0 Å². The molecule has 5 rings (SSSR count). The van der Waals surface area contributed by atoms with Crippen LogP contribution in [0.3, 0.4) is 0 Å². The largest absolute Gasteiger partial charge is 0.393 e. The van der Waals surface area contributed by atoms with Gasteiger partial charge in [-0.1, -0.05) is 19.0 Å². The number of hydrogen-bond donors (Lipinski definition) is 1. The molecule has 0 spiro atoms. The maximum Gasteiger partial charge on any atom is 0.321 e. The molecule has 0 bridgehead atoms. The van der Waals surface area contributed by atoms with Crippen molar-refractivity contribution in [2.75, 3.05) is 0 Å². The molecule has 0 aliphatic heterocycles. The first kappa shape index (κ1) is 23.2. The lowest BCUT2D eigenvalue weighted by Crippen LogP contribution is -2.54. The van der Waals surface area contributed by atoms with Crippen molar-refractivity contribution in [2.45, 2.75) is 77.7 Å². The molecule has 184 valence electrons. The van der Waals surface area contributed by atoms with E-state index in [2.05, 4.69) is 19.0 Å². The number of oxime groups is 1. The van der Waals surface area contributed by atoms with Crippen molar-refractivity contribution in [2.24, 2.45) is 39.7 Å². The van der Waals surface area contributed by atoms with E-state index in [1.807, 2.05) is 0 Å². The minimum atomic E-state index is -0.682. The zero-order valence-electron chi connectivity index (χ0n) is 19.8. The molecule has 0 aromatic heterocycles. The van der Waals surface area contributed by atoms with E-state index in [-0.39, 0.29) is 28.4 Å². The van der Waals surface area contributed by atoms with E-state index < -0.39 is 15.5 Å². The summed E-state index contributed by atoms with van der Waals surface area (Å²) in [5.41, 5.74) is 0.430. The number of hydrogen-bond acceptors (Lipinski definition) is 7. The summed E-state index contributed by atoms with van der Waals surface area (Å²) in [6, 6.07) is 3.34. The van der Waals surface area contributed by atoms with E-state index in [0.29, 0.717) is 23.7 Å². The second-order valence-corrected chi connectivity index (χ2v) is 11.4. The Kier molecular flexibility index (Phi) is 5.66. The van der Waals surface area contributed by atoms with Gasteiger partial charge in [0, 0.05) is 6.07 Å². The topological polar surface area (TPSA) is 128 Å². The van der Waals surface area contributed by atoms with Gasteiger partial charge in [0.2, 0.25) is 5.75 Å². The van der Waals surface area contributed by atoms with Gasteiger partial charge in [-0.2, -0.15) is 0 Å². The first-order valence-electron chi connectivity index (χ1n) is 12.5. The fourth-order valence-electron chi connectivity index (χ4n) is 8.07. The van der Waals surface area contributed by atoms with Crippen molar-refractivity contribution in [1.82, 2.24) is 0 Å². The standard InChI is InChI=1S/C25H33N3O6/c1-24-11-9-16(26-34-22-7-4-17(27(30)31)14-21(22)28(32)33)13-15(24)3-5-18-19-6-8-23(29)25(19,2)12-10-20(18)24/h4,7,14-15,18-20,23,29H,3,5-6,8-13H2,1-2H3/b26-16+/t15-,18-,19-,20-,23-,24-,25-/m0/s1. The van der Waals surface area contributed by atoms with Crippen molar-refractivity contribution in [1.29, 1.82) is 0 Å². The molecule has 4 fully saturated rings. The van der Waals surface area contributed by atoms with Crippen molar-refractivity contribution in [3.8, 4) is 5.75 Å². The number of rotatable bonds is 4. The number of fused-ring (bicyclic) bond motifs is 5. The van der Waals surface area contributed by atoms with Gasteiger partial charge in [0.25, 0.3) is 5.69 Å². The molecule has 1 aromatic rings. The lowest BCUT2D eigenvalue weighted by molar-refractivity contribution is -0.394. The van der Waals surface area contributed by atoms with Gasteiger partial charge in [-0.15, -0.1) is 0 Å². The third-order valence-corrected chi connectivity index (χ3v) is 10.1. The second-order valence-electron chi connectivity index (χ2n) is 11.4. The minimum Gasteiger partial charge on any atom is -0.393 e. The van der Waals surface area contributed by atoms with Crippen molar-refractivity contribution in [3.05, 3.63) is 38.4 Å². The number of nitro benzene ring substituents is 2. The number of nitro groups is 2. The molecular weight excluding hydrogens is 438 g/mol. The van der Waals surface area contributed by atoms with E-state index in [4.69, 9.17) is 4.84 Å². The molecule has 0 unspecified atom stereocenters. The lowest BCUT2D eigenvalue weighted by atomic mass is 9.45. The summed E-state index contributed by atoms with van der Waals surface area (Å²) in [6.07, 6.45) is 9.19. The van der Waals surface area contributed by atoms with Crippen LogP contribution in [0.1, 0.15) is 71.6 Å². The first-order valence-corrected chi connectivity index (χ1v) is 12.5. The molecule has 7 atom stereocenters. The number of non-ortho nitro benzene ring substituents is 1. The van der Waals surface area contributed by atoms with Crippen molar-refractivity contribution < 1.29 is 19.8 Å². The molecule has 34 heavy (non-hydrogen) atoms. The maximum absolute atomic E-state index is 11.4. The summed E-state index contributed by atoms with van der Waals surface area (Å²) in [4.78, 5) is 26.4. The monoisotopic (exact) mass is 471 g/mol. The summed E-state index contributed by atoms with van der Waals surface area (Å²) in [7, 11) is 0. The van der Waals surface area contributed by atoms with Gasteiger partial charge in [-0.05, 0) is 98.4 Å². The molecule has 0 saturated heterocycles. The molecule has 4 aliphatic carbocycles. The van der Waals surface area contributed by atoms with Gasteiger partial charge in [0.1, 0.15) is 0 Å². The van der Waals surface area contributed by atoms with Crippen molar-refractivity contribution in [3.63, 3.8) is 0 Å². The number of benzene rings is 1. The highest BCUT2D eigenvalue weighted by Gasteiger charge is 2.59. The highest BCUT2D eigenvalue weighted by molar-refractivity contribution is 5.85. The zero-order chi connectivity index (χ0) is 24.3. The fraction of sp³-hybridized carbons (Fsp3) is 0.720. The smallest absolute Gasteiger partial charge is 0.321 e. The Labute approximate surface area is 198 Å². The lowest BCUT2D eigenvalue weighted by Gasteiger charge is -2.60. The van der Waals surface area contributed by atoms with Gasteiger partial charge < -0.3 is 9.94 Å². The number of nitrogens with zero attached hydrogens (tertiary/aromatic N) is 3. The van der Waals surface area contributed by atoms with E-state index in [0.717, 1.165) is 56.7 Å². The Hall–Kier alpha value is -2.55. The van der Waals surface area contributed by atoms with Crippen LogP contribution in [0.4, 0.5) is 11.4 Å². The molecule has 1 N–H and O–H groups in total. The minimum absolute atomic E-state index is 0.0773. The molecule has 9 nitrogen and oxygen atoms in total. The Morgan fingerprint density at radius 1 is 1.00 bits per heavy atom. The average Bonchev–Trinajstić information content (AvgIpc) is 3.11. The van der Waals surface area contributed by atoms with E-state index in [9.17, 15) is 25.3 Å². The third kappa shape index (κ3) is 3.59. The summed E-state index contributed by atoms with van der Waals surface area (Å²) < 4.78 is 0. The van der Waals surface area contributed by atoms with Crippen LogP contribution in [0.2, 0.25) is 0 Å². The van der Waals surface area contributed by atoms with E-state index in [1.54, 1.807) is 0 Å². The second kappa shape index (κ2) is 8.29. The van der Waals surface area contributed by atoms with Gasteiger partial charge in [-0.3, -0.25) is 20.2 Å². The first-order chi connectivity index (χ1) is 16.1. The third-order valence-electron chi connectivity index (χ3n) is 10.1. The van der Waals surface area contributed by atoms with Crippen LogP contribution in [0.5, 0.6) is 5.75 Å². The normalized spacial score (nSPS) is 40.2. The van der Waals surface area contributed by atoms with E-state index >= 15 is 0 Å². The molecule has 4 saturated carbocycles. The molecular formula is C25H33N3O6. The van der Waals surface area contributed by atoms with Gasteiger partial charge in [0.15, 0.2) is 0 Å². The van der Waals surface area contributed by atoms with Crippen molar-refractivity contribution >= 4 is 17.1 Å². The number of aliphatic hydroxyl groups is 1. The van der Waals surface area contributed by atoms with Crippen LogP contribution >= 0.6 is 0 Å². The van der Waals surface area contributed by atoms with Crippen LogP contribution in [0, 0.1) is 54.7 Å². The van der Waals surface area contributed by atoms with Crippen LogP contribution < -0.4 is 4.84 Å². The molecule has 0 heterocycles. The summed E-state index contributed by atoms with van der Waals surface area (Å²) in [5.74, 6) is 2.42. The van der Waals surface area contributed by atoms with Crippen LogP contribution in [0.15, 0.2) is 23.4 Å². The Balaban J connectivity index is 1.31. The van der Waals surface area contributed by atoms with E-state index in [1.165, 1.54) is 25.0 Å². The maximum atomic E-state index is 11.4. The SMILES string of the molecule is C[C@]12CC/C(=N\Oc3ccc([N+](=O)[O-])cc3[N+](=O)[O-])C[C@@H]1CC[C@@H]1[C@@H]2CC[C@]2(C)[C@@H](O)CC[C@@H]12. The molecule has 0 radical (unpaired) electrons. The summed E-state index contributed by atoms with van der Waals surface area (Å²) >= 11 is 0. The Bertz CT molecular complexity index is 1040. The van der Waals surface area contributed by atoms with Gasteiger partial charge >= 0.3 is 5.69 Å². The van der Waals surface area contributed by atoms with Gasteiger partial charge in [-0.25, -0.2) is 0 Å². The zero-order valence-corrected chi connectivity index (χ0v) is 19.8. The van der Waals surface area contributed by atoms with Gasteiger partial charge in [0.05, 0.1) is 27.7 Å². The quantitative estimate of drug-likeness (QED) is 0.447. The summed E-state index contributed by atoms with van der Waals surface area (Å²) in [6.45, 7) is 4.75. The molecule has 0 amide bonds. The predicted molar refractivity (Wildman–Crippen MR) is 126 cm³/mol. The van der Waals surface area contributed by atoms with Crippen LogP contribution in [-0.2, 0) is 0 Å². The fourth-order valence-corrected chi connectivity index (χ4v) is 8.07. The number of aliphatic hydroxyl groups excluding tert-OH is 1. The Morgan fingerprint density at radius 3 is 2.50 bits per heavy atom. The highest BCUT2D eigenvalue weighted by Crippen LogP contribution is 2.66. The average molecular weight is 472 g/mol. The Morgan fingerprint density at radius 2 is 1.76 bits per heavy atom. The molecule has 4 aliphatic rings. The summed E-state index contributed by atoms with van der Waals surface area (Å²) in [5, 5.41) is 37.3. The molecule has 9 heteroatoms. The van der Waals surface area contributed by atoms with Crippen LogP contribution in [-0.4, -0.2) is 26.8 Å². The predicted octanol–water partition coefficient (Wildman–Crippen LogP) is 5.64. The molecule has 1 aromatic carbocycles.